The van der Waals surface area contributed by atoms with Gasteiger partial charge < -0.3 is 15.1 Å². The summed E-state index contributed by atoms with van der Waals surface area (Å²) < 4.78 is 27.5. The largest absolute Gasteiger partial charge is 0.369 e. The van der Waals surface area contributed by atoms with Gasteiger partial charge in [0.25, 0.3) is 0 Å². The highest BCUT2D eigenvalue weighted by molar-refractivity contribution is 7.89. The third-order valence-electron chi connectivity index (χ3n) is 5.55. The van der Waals surface area contributed by atoms with Gasteiger partial charge in [-0.1, -0.05) is 17.7 Å². The Balaban J connectivity index is 1.38. The van der Waals surface area contributed by atoms with E-state index in [2.05, 4.69) is 10.2 Å². The quantitative estimate of drug-likeness (QED) is 0.777. The molecule has 160 valence electrons. The Hall–Kier alpha value is -2.29. The molecule has 0 radical (unpaired) electrons. The van der Waals surface area contributed by atoms with Gasteiger partial charge in [-0.3, -0.25) is 0 Å². The number of amides is 2. The first-order chi connectivity index (χ1) is 14.4. The lowest BCUT2D eigenvalue weighted by Gasteiger charge is -2.35. The van der Waals surface area contributed by atoms with Gasteiger partial charge in [-0.2, -0.15) is 4.31 Å². The van der Waals surface area contributed by atoms with E-state index in [9.17, 15) is 13.2 Å². The third kappa shape index (κ3) is 4.55. The fourth-order valence-corrected chi connectivity index (χ4v) is 5.45. The zero-order chi connectivity index (χ0) is 21.1. The number of nitrogens with zero attached hydrogens (tertiary/aromatic N) is 3. The van der Waals surface area contributed by atoms with Crippen molar-refractivity contribution in [3.63, 3.8) is 0 Å². The van der Waals surface area contributed by atoms with Crippen molar-refractivity contribution in [2.24, 2.45) is 0 Å². The minimum Gasteiger partial charge on any atom is -0.369 e. The molecule has 0 aromatic heterocycles. The topological polar surface area (TPSA) is 73.0 Å². The second-order valence-electron chi connectivity index (χ2n) is 7.52. The van der Waals surface area contributed by atoms with Crippen LogP contribution in [0.3, 0.4) is 0 Å². The average molecular weight is 449 g/mol. The number of anilines is 2. The maximum Gasteiger partial charge on any atom is 0.321 e. The zero-order valence-corrected chi connectivity index (χ0v) is 18.2. The van der Waals surface area contributed by atoms with Gasteiger partial charge in [0.2, 0.25) is 10.0 Å². The monoisotopic (exact) mass is 448 g/mol. The first-order valence-corrected chi connectivity index (χ1v) is 11.9. The van der Waals surface area contributed by atoms with E-state index in [0.717, 1.165) is 31.6 Å². The molecule has 7 nitrogen and oxygen atoms in total. The van der Waals surface area contributed by atoms with Gasteiger partial charge in [0, 0.05) is 55.7 Å². The summed E-state index contributed by atoms with van der Waals surface area (Å²) in [5, 5.41) is 3.50. The summed E-state index contributed by atoms with van der Waals surface area (Å²) in [6.45, 7) is 3.54. The van der Waals surface area contributed by atoms with Gasteiger partial charge in [-0.25, -0.2) is 13.2 Å². The van der Waals surface area contributed by atoms with Crippen LogP contribution in [0.1, 0.15) is 12.8 Å². The summed E-state index contributed by atoms with van der Waals surface area (Å²) in [6.07, 6.45) is 2.05. The number of halogens is 1. The molecule has 2 aliphatic heterocycles. The summed E-state index contributed by atoms with van der Waals surface area (Å²) in [4.78, 5) is 16.3. The van der Waals surface area contributed by atoms with Crippen LogP contribution in [0, 0.1) is 0 Å². The van der Waals surface area contributed by atoms with Crippen LogP contribution in [-0.4, -0.2) is 62.9 Å². The van der Waals surface area contributed by atoms with Gasteiger partial charge in [0.1, 0.15) is 0 Å². The number of hydrogen-bond donors (Lipinski definition) is 1. The van der Waals surface area contributed by atoms with Gasteiger partial charge in [0.15, 0.2) is 0 Å². The molecule has 2 aliphatic rings. The van der Waals surface area contributed by atoms with Crippen LogP contribution in [0.2, 0.25) is 5.02 Å². The van der Waals surface area contributed by atoms with Crippen molar-refractivity contribution < 1.29 is 13.2 Å². The lowest BCUT2D eigenvalue weighted by Crippen LogP contribution is -2.48. The molecule has 0 spiro atoms. The zero-order valence-electron chi connectivity index (χ0n) is 16.6. The number of likely N-dealkylation sites (tertiary alicyclic amines) is 1. The molecule has 0 aliphatic carbocycles. The molecular weight excluding hydrogens is 424 g/mol. The van der Waals surface area contributed by atoms with Crippen molar-refractivity contribution >= 4 is 39.0 Å². The number of nitrogens with one attached hydrogen (secondary N) is 1. The molecule has 0 bridgehead atoms. The fourth-order valence-electron chi connectivity index (χ4n) is 3.84. The molecule has 2 saturated heterocycles. The van der Waals surface area contributed by atoms with E-state index in [1.807, 2.05) is 24.3 Å². The number of benzene rings is 2. The van der Waals surface area contributed by atoms with Gasteiger partial charge in [-0.15, -0.1) is 0 Å². The Morgan fingerprint density at radius 1 is 0.900 bits per heavy atom. The Kier molecular flexibility index (Phi) is 6.17. The number of urea groups is 1. The fraction of sp³-hybridized carbons (Fsp3) is 0.381. The van der Waals surface area contributed by atoms with Crippen LogP contribution in [0.4, 0.5) is 16.2 Å². The maximum atomic E-state index is 13.0. The number of carbonyl (C=O) groups excluding carboxylic acids is 1. The molecular formula is C21H25ClN4O3S. The van der Waals surface area contributed by atoms with Crippen LogP contribution >= 0.6 is 11.6 Å². The van der Waals surface area contributed by atoms with E-state index in [1.54, 1.807) is 29.2 Å². The highest BCUT2D eigenvalue weighted by Crippen LogP contribution is 2.24. The van der Waals surface area contributed by atoms with Gasteiger partial charge >= 0.3 is 6.03 Å². The van der Waals surface area contributed by atoms with Gasteiger partial charge in [0.05, 0.1) is 4.90 Å². The number of piperazine rings is 1. The number of sulfonamides is 1. The first kappa shape index (κ1) is 21.0. The summed E-state index contributed by atoms with van der Waals surface area (Å²) in [5.41, 5.74) is 1.59. The SMILES string of the molecule is O=C(Nc1ccc(S(=O)(=O)N2CCN(c3cccc(Cl)c3)CC2)cc1)N1CCCC1. The predicted octanol–water partition coefficient (Wildman–Crippen LogP) is 3.48. The van der Waals surface area contributed by atoms with Crippen molar-refractivity contribution in [3.05, 3.63) is 53.6 Å². The molecule has 2 fully saturated rings. The number of rotatable bonds is 4. The highest BCUT2D eigenvalue weighted by Gasteiger charge is 2.28. The van der Waals surface area contributed by atoms with E-state index in [0.29, 0.717) is 36.9 Å². The Bertz CT molecular complexity index is 999. The summed E-state index contributed by atoms with van der Waals surface area (Å²) in [6, 6.07) is 13.8. The highest BCUT2D eigenvalue weighted by atomic mass is 35.5. The predicted molar refractivity (Wildman–Crippen MR) is 119 cm³/mol. The molecule has 2 amide bonds. The second kappa shape index (κ2) is 8.83. The molecule has 9 heteroatoms. The Morgan fingerprint density at radius 2 is 1.57 bits per heavy atom. The molecule has 0 unspecified atom stereocenters. The minimum absolute atomic E-state index is 0.139. The summed E-state index contributed by atoms with van der Waals surface area (Å²) >= 11 is 6.06. The van der Waals surface area contributed by atoms with Crippen molar-refractivity contribution in [2.45, 2.75) is 17.7 Å². The van der Waals surface area contributed by atoms with Crippen molar-refractivity contribution in [1.82, 2.24) is 9.21 Å². The number of hydrogen-bond acceptors (Lipinski definition) is 4. The number of carbonyl (C=O) groups is 1. The van der Waals surface area contributed by atoms with E-state index < -0.39 is 10.0 Å². The molecule has 1 N–H and O–H groups in total. The Labute approximate surface area is 182 Å². The molecule has 2 aromatic carbocycles. The third-order valence-corrected chi connectivity index (χ3v) is 7.70. The second-order valence-corrected chi connectivity index (χ2v) is 9.89. The molecule has 4 rings (SSSR count). The van der Waals surface area contributed by atoms with Gasteiger partial charge in [-0.05, 0) is 55.3 Å². The lowest BCUT2D eigenvalue weighted by atomic mass is 10.2. The van der Waals surface area contributed by atoms with Crippen molar-refractivity contribution in [3.8, 4) is 0 Å². The minimum atomic E-state index is -3.58. The summed E-state index contributed by atoms with van der Waals surface area (Å²) in [7, 11) is -3.58. The molecule has 2 aromatic rings. The van der Waals surface area contributed by atoms with Crippen molar-refractivity contribution in [1.29, 1.82) is 0 Å². The van der Waals surface area contributed by atoms with E-state index in [1.165, 1.54) is 4.31 Å². The molecule has 2 heterocycles. The standard InChI is InChI=1S/C21H25ClN4O3S/c22-17-4-3-5-19(16-17)24-12-14-26(15-13-24)30(28,29)20-8-6-18(7-9-20)23-21(27)25-10-1-2-11-25/h3-9,16H,1-2,10-15H2,(H,23,27). The smallest absolute Gasteiger partial charge is 0.321 e. The van der Waals surface area contributed by atoms with E-state index in [-0.39, 0.29) is 10.9 Å². The van der Waals surface area contributed by atoms with Crippen LogP contribution in [0.5, 0.6) is 0 Å². The molecule has 30 heavy (non-hydrogen) atoms. The molecule has 0 atom stereocenters. The first-order valence-electron chi connectivity index (χ1n) is 10.1. The van der Waals surface area contributed by atoms with Crippen LogP contribution in [0.25, 0.3) is 0 Å². The van der Waals surface area contributed by atoms with Crippen LogP contribution < -0.4 is 10.2 Å². The lowest BCUT2D eigenvalue weighted by molar-refractivity contribution is 0.222. The van der Waals surface area contributed by atoms with Crippen LogP contribution in [-0.2, 0) is 10.0 Å². The Morgan fingerprint density at radius 3 is 2.20 bits per heavy atom. The van der Waals surface area contributed by atoms with Crippen molar-refractivity contribution in [2.75, 3.05) is 49.5 Å². The average Bonchev–Trinajstić information content (AvgIpc) is 3.29. The summed E-state index contributed by atoms with van der Waals surface area (Å²) in [5.74, 6) is 0. The normalized spacial score (nSPS) is 17.9. The van der Waals surface area contributed by atoms with E-state index in [4.69, 9.17) is 11.6 Å². The van der Waals surface area contributed by atoms with E-state index >= 15 is 0 Å². The molecule has 0 saturated carbocycles. The van der Waals surface area contributed by atoms with Crippen LogP contribution in [0.15, 0.2) is 53.4 Å². The maximum absolute atomic E-state index is 13.0.